The van der Waals surface area contributed by atoms with Gasteiger partial charge in [0, 0.05) is 28.8 Å². The van der Waals surface area contributed by atoms with Crippen molar-refractivity contribution in [3.63, 3.8) is 0 Å². The standard InChI is InChI=1S/C21H15FN6O3/c1-10-17(9-14-13-8-12(22)5-6-15(13)25-20(14)29)24-11(2)18(10)21(30)31-28-19-16(26-27-28)4-3-7-23-19/h3-9,24H,1-2H3,(H,25,29). The Kier molecular flexibility index (Phi) is 4.14. The third kappa shape index (κ3) is 3.05. The van der Waals surface area contributed by atoms with Crippen LogP contribution in [0.3, 0.4) is 0 Å². The van der Waals surface area contributed by atoms with Gasteiger partial charge in [-0.05, 0) is 65.9 Å². The van der Waals surface area contributed by atoms with Crippen molar-refractivity contribution in [1.29, 1.82) is 0 Å². The Bertz CT molecular complexity index is 1420. The summed E-state index contributed by atoms with van der Waals surface area (Å²) in [6.07, 6.45) is 3.13. The van der Waals surface area contributed by atoms with Gasteiger partial charge in [-0.15, -0.1) is 5.10 Å². The molecule has 3 aromatic heterocycles. The number of carbonyl (C=O) groups excluding carboxylic acids is 2. The molecule has 0 atom stereocenters. The van der Waals surface area contributed by atoms with Crippen molar-refractivity contribution in [3.8, 4) is 0 Å². The maximum absolute atomic E-state index is 13.7. The van der Waals surface area contributed by atoms with E-state index in [1.54, 1.807) is 38.3 Å². The minimum Gasteiger partial charge on any atom is -0.358 e. The molecule has 4 heterocycles. The van der Waals surface area contributed by atoms with Gasteiger partial charge in [0.05, 0.1) is 11.1 Å². The molecule has 10 heteroatoms. The number of nitrogens with one attached hydrogen (secondary N) is 2. The number of anilines is 1. The number of aryl methyl sites for hydroxylation is 1. The van der Waals surface area contributed by atoms with E-state index in [9.17, 15) is 14.0 Å². The van der Waals surface area contributed by atoms with Crippen molar-refractivity contribution >= 4 is 40.4 Å². The van der Waals surface area contributed by atoms with Gasteiger partial charge in [-0.2, -0.15) is 0 Å². The van der Waals surface area contributed by atoms with Crippen LogP contribution in [0, 0.1) is 19.7 Å². The summed E-state index contributed by atoms with van der Waals surface area (Å²) >= 11 is 0. The molecule has 0 bridgehead atoms. The number of fused-ring (bicyclic) bond motifs is 2. The highest BCUT2D eigenvalue weighted by Crippen LogP contribution is 2.34. The number of hydrogen-bond donors (Lipinski definition) is 2. The molecule has 1 aliphatic heterocycles. The van der Waals surface area contributed by atoms with E-state index in [4.69, 9.17) is 4.84 Å². The minimum absolute atomic E-state index is 0.296. The van der Waals surface area contributed by atoms with Crippen LogP contribution in [0.25, 0.3) is 22.8 Å². The van der Waals surface area contributed by atoms with Crippen molar-refractivity contribution in [2.24, 2.45) is 0 Å². The van der Waals surface area contributed by atoms with Crippen molar-refractivity contribution in [1.82, 2.24) is 25.1 Å². The second-order valence-corrected chi connectivity index (χ2v) is 7.05. The first-order valence-electron chi connectivity index (χ1n) is 9.33. The van der Waals surface area contributed by atoms with Crippen LogP contribution in [0.2, 0.25) is 0 Å². The van der Waals surface area contributed by atoms with Gasteiger partial charge in [-0.1, -0.05) is 0 Å². The minimum atomic E-state index is -0.657. The second-order valence-electron chi connectivity index (χ2n) is 7.05. The average Bonchev–Trinajstić information content (AvgIpc) is 3.37. The van der Waals surface area contributed by atoms with Gasteiger partial charge in [0.2, 0.25) is 5.65 Å². The van der Waals surface area contributed by atoms with Gasteiger partial charge in [0.25, 0.3) is 5.91 Å². The fourth-order valence-electron chi connectivity index (χ4n) is 3.60. The third-order valence-electron chi connectivity index (χ3n) is 5.08. The molecule has 154 valence electrons. The molecular weight excluding hydrogens is 403 g/mol. The number of hydrogen-bond acceptors (Lipinski definition) is 6. The highest BCUT2D eigenvalue weighted by molar-refractivity contribution is 6.34. The molecule has 31 heavy (non-hydrogen) atoms. The lowest BCUT2D eigenvalue weighted by Crippen LogP contribution is -2.22. The van der Waals surface area contributed by atoms with Crippen LogP contribution >= 0.6 is 0 Å². The van der Waals surface area contributed by atoms with Crippen molar-refractivity contribution in [2.75, 3.05) is 5.32 Å². The lowest BCUT2D eigenvalue weighted by Gasteiger charge is -2.03. The zero-order chi connectivity index (χ0) is 21.7. The van der Waals surface area contributed by atoms with Crippen molar-refractivity contribution < 1.29 is 18.8 Å². The monoisotopic (exact) mass is 418 g/mol. The van der Waals surface area contributed by atoms with Gasteiger partial charge in [-0.25, -0.2) is 14.2 Å². The molecule has 1 amide bonds. The fraction of sp³-hybridized carbons (Fsp3) is 0.0952. The number of H-pyrrole nitrogens is 1. The fourth-order valence-corrected chi connectivity index (χ4v) is 3.60. The van der Waals surface area contributed by atoms with Crippen LogP contribution < -0.4 is 10.2 Å². The van der Waals surface area contributed by atoms with Gasteiger partial charge in [-0.3, -0.25) is 4.79 Å². The summed E-state index contributed by atoms with van der Waals surface area (Å²) in [6.45, 7) is 3.44. The van der Waals surface area contributed by atoms with Gasteiger partial charge < -0.3 is 15.1 Å². The summed E-state index contributed by atoms with van der Waals surface area (Å²) in [7, 11) is 0. The number of aromatic nitrogens is 5. The Morgan fingerprint density at radius 3 is 2.94 bits per heavy atom. The average molecular weight is 418 g/mol. The van der Waals surface area contributed by atoms with Crippen LogP contribution in [-0.2, 0) is 4.79 Å². The summed E-state index contributed by atoms with van der Waals surface area (Å²) in [5.41, 5.74) is 4.04. The van der Waals surface area contributed by atoms with Crippen LogP contribution in [0.4, 0.5) is 10.1 Å². The van der Waals surface area contributed by atoms with Crippen molar-refractivity contribution in [3.05, 3.63) is 70.4 Å². The Morgan fingerprint density at radius 2 is 2.10 bits per heavy atom. The Labute approximate surface area is 174 Å². The lowest BCUT2D eigenvalue weighted by atomic mass is 10.0. The van der Waals surface area contributed by atoms with E-state index in [0.717, 1.165) is 4.85 Å². The van der Waals surface area contributed by atoms with Crippen molar-refractivity contribution in [2.45, 2.75) is 13.8 Å². The maximum Gasteiger partial charge on any atom is 0.367 e. The number of amides is 1. The SMILES string of the molecule is Cc1[nH]c(C=C2C(=O)Nc3ccc(F)cc32)c(C)c1C(=O)On1nnc2cccnc21. The van der Waals surface area contributed by atoms with Crippen LogP contribution in [0.5, 0.6) is 0 Å². The lowest BCUT2D eigenvalue weighted by molar-refractivity contribution is -0.110. The molecule has 0 unspecified atom stereocenters. The van der Waals surface area contributed by atoms with Gasteiger partial charge in [0.1, 0.15) is 11.3 Å². The first-order chi connectivity index (χ1) is 14.9. The smallest absolute Gasteiger partial charge is 0.358 e. The summed E-state index contributed by atoms with van der Waals surface area (Å²) < 4.78 is 13.7. The Balaban J connectivity index is 1.50. The quantitative estimate of drug-likeness (QED) is 0.391. The molecule has 2 N–H and O–H groups in total. The molecule has 1 aromatic carbocycles. The van der Waals surface area contributed by atoms with E-state index in [-0.39, 0.29) is 5.91 Å². The van der Waals surface area contributed by atoms with E-state index in [1.165, 1.54) is 18.2 Å². The molecule has 1 aliphatic rings. The maximum atomic E-state index is 13.7. The van der Waals surface area contributed by atoms with E-state index < -0.39 is 11.8 Å². The highest BCUT2D eigenvalue weighted by Gasteiger charge is 2.27. The molecular formula is C21H15FN6O3. The molecule has 9 nitrogen and oxygen atoms in total. The number of rotatable bonds is 3. The molecule has 4 aromatic rings. The summed E-state index contributed by atoms with van der Waals surface area (Å²) in [4.78, 5) is 38.8. The molecule has 0 saturated heterocycles. The second kappa shape index (κ2) is 6.87. The number of pyridine rings is 1. The molecule has 0 spiro atoms. The van der Waals surface area contributed by atoms with E-state index in [0.29, 0.717) is 50.5 Å². The Morgan fingerprint density at radius 1 is 1.26 bits per heavy atom. The van der Waals surface area contributed by atoms with E-state index in [2.05, 4.69) is 25.6 Å². The molecule has 0 saturated carbocycles. The zero-order valence-electron chi connectivity index (χ0n) is 16.4. The Hall–Kier alpha value is -4.34. The first kappa shape index (κ1) is 18.7. The van der Waals surface area contributed by atoms with E-state index in [1.807, 2.05) is 0 Å². The number of aromatic amines is 1. The number of nitrogens with zero attached hydrogens (tertiary/aromatic N) is 4. The summed E-state index contributed by atoms with van der Waals surface area (Å²) in [6, 6.07) is 7.48. The van der Waals surface area contributed by atoms with Gasteiger partial charge >= 0.3 is 5.97 Å². The summed E-state index contributed by atoms with van der Waals surface area (Å²) in [5.74, 6) is -1.45. The largest absolute Gasteiger partial charge is 0.367 e. The first-order valence-corrected chi connectivity index (χ1v) is 9.33. The number of carbonyl (C=O) groups is 2. The molecule has 0 aliphatic carbocycles. The molecule has 0 fully saturated rings. The topological polar surface area (TPSA) is 115 Å². The molecule has 5 rings (SSSR count). The van der Waals surface area contributed by atoms with Crippen LogP contribution in [-0.4, -0.2) is 37.0 Å². The van der Waals surface area contributed by atoms with Crippen LogP contribution in [0.15, 0.2) is 36.5 Å². The van der Waals surface area contributed by atoms with Gasteiger partial charge in [0.15, 0.2) is 0 Å². The van der Waals surface area contributed by atoms with Crippen LogP contribution in [0.1, 0.15) is 32.9 Å². The zero-order valence-corrected chi connectivity index (χ0v) is 16.4. The predicted molar refractivity (Wildman–Crippen MR) is 109 cm³/mol. The third-order valence-corrected chi connectivity index (χ3v) is 5.08. The predicted octanol–water partition coefficient (Wildman–Crippen LogP) is 2.67. The number of benzene rings is 1. The molecule has 0 radical (unpaired) electrons. The summed E-state index contributed by atoms with van der Waals surface area (Å²) in [5, 5.41) is 10.4. The number of halogens is 1. The van der Waals surface area contributed by atoms with E-state index >= 15 is 0 Å². The normalized spacial score (nSPS) is 14.2. The highest BCUT2D eigenvalue weighted by atomic mass is 19.1.